The molecule has 196 valence electrons. The van der Waals surface area contributed by atoms with E-state index in [2.05, 4.69) is 55.2 Å². The summed E-state index contributed by atoms with van der Waals surface area (Å²) in [4.78, 5) is 23.6. The van der Waals surface area contributed by atoms with Crippen molar-refractivity contribution in [2.24, 2.45) is 11.7 Å². The number of fused-ring (bicyclic) bond motifs is 2. The van der Waals surface area contributed by atoms with Gasteiger partial charge in [-0.15, -0.1) is 11.3 Å². The molecular formula is C30H29N7OS. The Labute approximate surface area is 229 Å². The molecular weight excluding hydrogens is 506 g/mol. The number of nitrogens with zero attached hydrogens (tertiary/aromatic N) is 3. The van der Waals surface area contributed by atoms with Crippen LogP contribution in [0.4, 0.5) is 5.69 Å². The molecule has 0 aliphatic carbocycles. The minimum atomic E-state index is -0.234. The van der Waals surface area contributed by atoms with Gasteiger partial charge in [-0.2, -0.15) is 5.10 Å². The number of H-pyrrole nitrogens is 2. The fourth-order valence-corrected chi connectivity index (χ4v) is 6.11. The summed E-state index contributed by atoms with van der Waals surface area (Å²) in [5.74, 6) is 0.185. The van der Waals surface area contributed by atoms with Crippen LogP contribution in [0.5, 0.6) is 0 Å². The second kappa shape index (κ2) is 10.7. The van der Waals surface area contributed by atoms with Crippen LogP contribution >= 0.6 is 11.3 Å². The normalized spacial score (nSPS) is 16.5. The smallest absolute Gasteiger partial charge is 0.275 e. The molecule has 5 aromatic rings. The van der Waals surface area contributed by atoms with Crippen molar-refractivity contribution in [2.45, 2.75) is 13.0 Å². The van der Waals surface area contributed by atoms with Crippen molar-refractivity contribution in [3.05, 3.63) is 101 Å². The number of nitrogens with one attached hydrogen (secondary N) is 3. The highest BCUT2D eigenvalue weighted by Crippen LogP contribution is 2.34. The summed E-state index contributed by atoms with van der Waals surface area (Å²) in [7, 11) is 0. The van der Waals surface area contributed by atoms with Gasteiger partial charge in [0.25, 0.3) is 5.91 Å². The molecule has 0 radical (unpaired) electrons. The standard InChI is InChI=1S/C30H29N7OS/c1-2-19(5-4-10-31)20-9-12-37(16-20)17-29-34-28(18-39-29)30(38)35-26-13-21(14-27-24(26)15-33-36-27)22-6-3-7-25-23(22)8-11-32-25/h2-8,10-11,13-15,18,20,32H,1,9,12,16-17,31H2,(H,33,36)(H,35,38)/b10-4-,19-5+. The lowest BCUT2D eigenvalue weighted by molar-refractivity contribution is 0.102. The Hall–Kier alpha value is -4.47. The summed E-state index contributed by atoms with van der Waals surface area (Å²) in [5, 5.41) is 15.1. The Balaban J connectivity index is 1.19. The summed E-state index contributed by atoms with van der Waals surface area (Å²) in [6.45, 7) is 6.57. The van der Waals surface area contributed by atoms with E-state index in [1.54, 1.807) is 6.20 Å². The van der Waals surface area contributed by atoms with Gasteiger partial charge in [-0.05, 0) is 72.1 Å². The maximum absolute atomic E-state index is 13.3. The number of aromatic nitrogens is 4. The zero-order valence-corrected chi connectivity index (χ0v) is 22.2. The van der Waals surface area contributed by atoms with Gasteiger partial charge in [0.05, 0.1) is 23.9 Å². The van der Waals surface area contributed by atoms with Crippen LogP contribution < -0.4 is 11.1 Å². The van der Waals surface area contributed by atoms with Crippen molar-refractivity contribution in [1.82, 2.24) is 25.1 Å². The maximum atomic E-state index is 13.3. The highest BCUT2D eigenvalue weighted by atomic mass is 32.1. The molecule has 3 aromatic heterocycles. The molecule has 0 bridgehead atoms. The predicted molar refractivity (Wildman–Crippen MR) is 158 cm³/mol. The number of hydrogen-bond acceptors (Lipinski definition) is 6. The summed E-state index contributed by atoms with van der Waals surface area (Å²) >= 11 is 1.51. The summed E-state index contributed by atoms with van der Waals surface area (Å²) < 4.78 is 0. The Kier molecular flexibility index (Phi) is 6.83. The van der Waals surface area contributed by atoms with Crippen LogP contribution in [0.25, 0.3) is 32.9 Å². The number of carbonyl (C=O) groups excluding carboxylic acids is 1. The average molecular weight is 536 g/mol. The van der Waals surface area contributed by atoms with Crippen LogP contribution in [0, 0.1) is 5.92 Å². The highest BCUT2D eigenvalue weighted by molar-refractivity contribution is 7.09. The number of nitrogens with two attached hydrogens (primary N) is 1. The molecule has 5 N–H and O–H groups in total. The molecule has 1 unspecified atom stereocenters. The van der Waals surface area contributed by atoms with Crippen molar-refractivity contribution < 1.29 is 4.79 Å². The zero-order valence-electron chi connectivity index (χ0n) is 21.4. The van der Waals surface area contributed by atoms with Crippen LogP contribution in [-0.2, 0) is 6.54 Å². The zero-order chi connectivity index (χ0) is 26.8. The number of thiazole rings is 1. The molecule has 0 spiro atoms. The average Bonchev–Trinajstić information content (AvgIpc) is 3.76. The van der Waals surface area contributed by atoms with Crippen LogP contribution in [0.15, 0.2) is 90.8 Å². The number of likely N-dealkylation sites (tertiary alicyclic amines) is 1. The van der Waals surface area contributed by atoms with Crippen LogP contribution in [-0.4, -0.2) is 44.1 Å². The number of hydrogen-bond donors (Lipinski definition) is 4. The number of amides is 1. The van der Waals surface area contributed by atoms with Gasteiger partial charge >= 0.3 is 0 Å². The van der Waals surface area contributed by atoms with Crippen LogP contribution in [0.1, 0.15) is 21.9 Å². The van der Waals surface area contributed by atoms with Gasteiger partial charge in [-0.3, -0.25) is 14.8 Å². The first-order valence-corrected chi connectivity index (χ1v) is 13.7. The number of aromatic amines is 2. The Bertz CT molecular complexity index is 1720. The molecule has 6 rings (SSSR count). The number of rotatable bonds is 8. The monoisotopic (exact) mass is 535 g/mol. The quantitative estimate of drug-likeness (QED) is 0.187. The van der Waals surface area contributed by atoms with Gasteiger partial charge < -0.3 is 16.0 Å². The van der Waals surface area contributed by atoms with Crippen molar-refractivity contribution in [1.29, 1.82) is 0 Å². The minimum Gasteiger partial charge on any atom is -0.405 e. The second-order valence-electron chi connectivity index (χ2n) is 9.66. The van der Waals surface area contributed by atoms with Gasteiger partial charge in [0, 0.05) is 34.4 Å². The molecule has 1 atom stereocenters. The van der Waals surface area contributed by atoms with E-state index < -0.39 is 0 Å². The van der Waals surface area contributed by atoms with Crippen molar-refractivity contribution in [2.75, 3.05) is 18.4 Å². The van der Waals surface area contributed by atoms with Crippen molar-refractivity contribution in [3.8, 4) is 11.1 Å². The number of benzene rings is 2. The van der Waals surface area contributed by atoms with E-state index in [1.807, 2.05) is 48.0 Å². The third-order valence-electron chi connectivity index (χ3n) is 7.24. The first-order chi connectivity index (χ1) is 19.1. The molecule has 1 fully saturated rings. The first-order valence-electron chi connectivity index (χ1n) is 12.9. The molecule has 9 heteroatoms. The van der Waals surface area contributed by atoms with E-state index >= 15 is 0 Å². The Morgan fingerprint density at radius 3 is 3.05 bits per heavy atom. The minimum absolute atomic E-state index is 0.234. The Morgan fingerprint density at radius 1 is 1.26 bits per heavy atom. The number of allylic oxidation sites excluding steroid dienone is 3. The molecule has 0 saturated carbocycles. The second-order valence-corrected chi connectivity index (χ2v) is 10.6. The SMILES string of the molecule is C=C/C(=C\C=C/N)C1CCN(Cc2nc(C(=O)Nc3cc(-c4cccc5[nH]ccc45)cc4[nH]ncc34)cs2)C1. The lowest BCUT2D eigenvalue weighted by Gasteiger charge is -2.15. The Morgan fingerprint density at radius 2 is 2.18 bits per heavy atom. The molecule has 1 saturated heterocycles. The predicted octanol–water partition coefficient (Wildman–Crippen LogP) is 5.83. The number of anilines is 1. The summed E-state index contributed by atoms with van der Waals surface area (Å²) in [5.41, 5.74) is 11.8. The van der Waals surface area contributed by atoms with Crippen LogP contribution in [0.2, 0.25) is 0 Å². The van der Waals surface area contributed by atoms with Gasteiger partial charge in [-0.1, -0.05) is 30.9 Å². The first kappa shape index (κ1) is 24.8. The van der Waals surface area contributed by atoms with Gasteiger partial charge in [0.1, 0.15) is 10.7 Å². The lowest BCUT2D eigenvalue weighted by Crippen LogP contribution is -2.20. The fourth-order valence-electron chi connectivity index (χ4n) is 5.30. The molecule has 1 aliphatic heterocycles. The maximum Gasteiger partial charge on any atom is 0.275 e. The fraction of sp³-hybridized carbons (Fsp3) is 0.167. The van der Waals surface area contributed by atoms with E-state index in [0.717, 1.165) is 57.5 Å². The molecule has 39 heavy (non-hydrogen) atoms. The van der Waals surface area contributed by atoms with E-state index in [1.165, 1.54) is 23.1 Å². The third-order valence-corrected chi connectivity index (χ3v) is 8.07. The highest BCUT2D eigenvalue weighted by Gasteiger charge is 2.25. The van der Waals surface area contributed by atoms with Gasteiger partial charge in [-0.25, -0.2) is 4.98 Å². The van der Waals surface area contributed by atoms with Crippen molar-refractivity contribution in [3.63, 3.8) is 0 Å². The summed E-state index contributed by atoms with van der Waals surface area (Å²) in [6.07, 6.45) is 12.0. The summed E-state index contributed by atoms with van der Waals surface area (Å²) in [6, 6.07) is 12.3. The van der Waals surface area contributed by atoms with Crippen LogP contribution in [0.3, 0.4) is 0 Å². The van der Waals surface area contributed by atoms with Gasteiger partial charge in [0.2, 0.25) is 0 Å². The number of carbonyl (C=O) groups is 1. The van der Waals surface area contributed by atoms with E-state index in [-0.39, 0.29) is 5.91 Å². The molecule has 8 nitrogen and oxygen atoms in total. The third kappa shape index (κ3) is 5.01. The molecule has 4 heterocycles. The molecule has 2 aromatic carbocycles. The topological polar surface area (TPSA) is 116 Å². The van der Waals surface area contributed by atoms with E-state index in [4.69, 9.17) is 5.73 Å². The molecule has 1 aliphatic rings. The van der Waals surface area contributed by atoms with E-state index in [9.17, 15) is 4.79 Å². The lowest BCUT2D eigenvalue weighted by atomic mass is 9.98. The van der Waals surface area contributed by atoms with Gasteiger partial charge in [0.15, 0.2) is 0 Å². The van der Waals surface area contributed by atoms with Crippen molar-refractivity contribution >= 4 is 44.7 Å². The largest absolute Gasteiger partial charge is 0.405 e. The van der Waals surface area contributed by atoms with E-state index in [0.29, 0.717) is 23.8 Å². The molecule has 1 amide bonds.